The summed E-state index contributed by atoms with van der Waals surface area (Å²) in [5.74, 6) is 0.897. The highest BCUT2D eigenvalue weighted by molar-refractivity contribution is 9.10. The molecule has 0 bridgehead atoms. The fourth-order valence-corrected chi connectivity index (χ4v) is 2.32. The highest BCUT2D eigenvalue weighted by Gasteiger charge is 2.20. The van der Waals surface area contributed by atoms with Gasteiger partial charge in [-0.25, -0.2) is 4.68 Å². The standard InChI is InChI=1S/C13H20BrN3O/c1-2-3-8-17-13(18)12(14)11(9-16-17)15-7-6-10-4-5-10/h9-10,15H,2-8H2,1H3. The number of halogens is 1. The molecular weight excluding hydrogens is 294 g/mol. The number of hydrogen-bond donors (Lipinski definition) is 1. The number of nitrogens with one attached hydrogen (secondary N) is 1. The molecule has 1 fully saturated rings. The van der Waals surface area contributed by atoms with Crippen molar-refractivity contribution >= 4 is 21.6 Å². The first-order valence-corrected chi connectivity index (χ1v) is 7.51. The second-order valence-electron chi connectivity index (χ2n) is 4.91. The third-order valence-corrected chi connectivity index (χ3v) is 4.04. The van der Waals surface area contributed by atoms with Gasteiger partial charge in [0.05, 0.1) is 11.9 Å². The van der Waals surface area contributed by atoms with E-state index in [-0.39, 0.29) is 5.56 Å². The number of anilines is 1. The van der Waals surface area contributed by atoms with Gasteiger partial charge in [-0.05, 0) is 34.7 Å². The molecule has 0 spiro atoms. The van der Waals surface area contributed by atoms with Crippen molar-refractivity contribution < 1.29 is 0 Å². The van der Waals surface area contributed by atoms with Gasteiger partial charge in [-0.2, -0.15) is 5.10 Å². The minimum Gasteiger partial charge on any atom is -0.383 e. The first-order valence-electron chi connectivity index (χ1n) is 6.72. The minimum atomic E-state index is -0.0418. The second-order valence-corrected chi connectivity index (χ2v) is 5.71. The van der Waals surface area contributed by atoms with Crippen molar-refractivity contribution in [2.24, 2.45) is 5.92 Å². The molecule has 0 aromatic carbocycles. The predicted molar refractivity (Wildman–Crippen MR) is 76.9 cm³/mol. The van der Waals surface area contributed by atoms with E-state index >= 15 is 0 Å². The molecule has 0 unspecified atom stereocenters. The highest BCUT2D eigenvalue weighted by Crippen LogP contribution is 2.32. The lowest BCUT2D eigenvalue weighted by molar-refractivity contribution is 0.541. The lowest BCUT2D eigenvalue weighted by Gasteiger charge is -2.10. The Labute approximate surface area is 116 Å². The number of unbranched alkanes of at least 4 members (excludes halogenated alkanes) is 1. The summed E-state index contributed by atoms with van der Waals surface area (Å²) in [5, 5.41) is 7.49. The Morgan fingerprint density at radius 3 is 3.00 bits per heavy atom. The van der Waals surface area contributed by atoms with Crippen LogP contribution in [0.3, 0.4) is 0 Å². The summed E-state index contributed by atoms with van der Waals surface area (Å²) in [4.78, 5) is 12.0. The van der Waals surface area contributed by atoms with Crippen LogP contribution in [0.15, 0.2) is 15.5 Å². The molecule has 0 aliphatic heterocycles. The number of nitrogens with zero attached hydrogens (tertiary/aromatic N) is 2. The van der Waals surface area contributed by atoms with Gasteiger partial charge in [0, 0.05) is 13.1 Å². The minimum absolute atomic E-state index is 0.0418. The fraction of sp³-hybridized carbons (Fsp3) is 0.692. The van der Waals surface area contributed by atoms with Crippen LogP contribution in [-0.4, -0.2) is 16.3 Å². The van der Waals surface area contributed by atoms with Gasteiger partial charge in [0.15, 0.2) is 0 Å². The Balaban J connectivity index is 1.97. The quantitative estimate of drug-likeness (QED) is 0.841. The summed E-state index contributed by atoms with van der Waals surface area (Å²) in [7, 11) is 0. The van der Waals surface area contributed by atoms with Gasteiger partial charge in [-0.1, -0.05) is 26.2 Å². The zero-order valence-corrected chi connectivity index (χ0v) is 12.4. The summed E-state index contributed by atoms with van der Waals surface area (Å²) in [6.45, 7) is 3.72. The molecule has 1 saturated carbocycles. The first kappa shape index (κ1) is 13.6. The largest absolute Gasteiger partial charge is 0.383 e. The predicted octanol–water partition coefficient (Wildman–Crippen LogP) is 3.02. The van der Waals surface area contributed by atoms with Crippen LogP contribution in [-0.2, 0) is 6.54 Å². The van der Waals surface area contributed by atoms with Crippen LogP contribution < -0.4 is 10.9 Å². The Kier molecular flexibility index (Phi) is 4.80. The maximum atomic E-state index is 12.0. The molecule has 100 valence electrons. The van der Waals surface area contributed by atoms with E-state index in [0.717, 1.165) is 31.0 Å². The van der Waals surface area contributed by atoms with Crippen molar-refractivity contribution in [1.82, 2.24) is 9.78 Å². The lowest BCUT2D eigenvalue weighted by atomic mass is 10.3. The summed E-state index contributed by atoms with van der Waals surface area (Å²) in [6, 6.07) is 0. The average molecular weight is 314 g/mol. The van der Waals surface area contributed by atoms with Gasteiger partial charge in [-0.15, -0.1) is 0 Å². The summed E-state index contributed by atoms with van der Waals surface area (Å²) in [5.41, 5.74) is 0.772. The van der Waals surface area contributed by atoms with E-state index in [1.54, 1.807) is 6.20 Å². The van der Waals surface area contributed by atoms with Gasteiger partial charge in [-0.3, -0.25) is 4.79 Å². The molecular formula is C13H20BrN3O. The molecule has 1 N–H and O–H groups in total. The first-order chi connectivity index (χ1) is 8.72. The highest BCUT2D eigenvalue weighted by atomic mass is 79.9. The average Bonchev–Trinajstić information content (AvgIpc) is 3.18. The van der Waals surface area contributed by atoms with Crippen molar-refractivity contribution in [3.63, 3.8) is 0 Å². The summed E-state index contributed by atoms with van der Waals surface area (Å²) >= 11 is 3.37. The molecule has 5 heteroatoms. The fourth-order valence-electron chi connectivity index (χ4n) is 1.87. The number of rotatable bonds is 7. The summed E-state index contributed by atoms with van der Waals surface area (Å²) in [6.07, 6.45) is 7.69. The van der Waals surface area contributed by atoms with Crippen LogP contribution in [0, 0.1) is 5.92 Å². The van der Waals surface area contributed by atoms with Crippen molar-refractivity contribution in [3.8, 4) is 0 Å². The topological polar surface area (TPSA) is 46.9 Å². The van der Waals surface area contributed by atoms with Crippen molar-refractivity contribution in [3.05, 3.63) is 21.0 Å². The molecule has 2 rings (SSSR count). The third kappa shape index (κ3) is 3.57. The van der Waals surface area contributed by atoms with Crippen LogP contribution in [0.1, 0.15) is 39.0 Å². The SMILES string of the molecule is CCCCn1ncc(NCCC2CC2)c(Br)c1=O. The number of aromatic nitrogens is 2. The molecule has 18 heavy (non-hydrogen) atoms. The van der Waals surface area contributed by atoms with Crippen LogP contribution >= 0.6 is 15.9 Å². The van der Waals surface area contributed by atoms with Crippen LogP contribution in [0.5, 0.6) is 0 Å². The Hall–Kier alpha value is -0.840. The molecule has 0 radical (unpaired) electrons. The summed E-state index contributed by atoms with van der Waals surface area (Å²) < 4.78 is 2.13. The Morgan fingerprint density at radius 2 is 2.33 bits per heavy atom. The molecule has 0 atom stereocenters. The van der Waals surface area contributed by atoms with Crippen LogP contribution in [0.4, 0.5) is 5.69 Å². The van der Waals surface area contributed by atoms with Gasteiger partial charge in [0.25, 0.3) is 5.56 Å². The van der Waals surface area contributed by atoms with E-state index in [9.17, 15) is 4.79 Å². The zero-order chi connectivity index (χ0) is 13.0. The normalized spacial score (nSPS) is 14.8. The van der Waals surface area contributed by atoms with Crippen molar-refractivity contribution in [2.45, 2.75) is 45.6 Å². The lowest BCUT2D eigenvalue weighted by Crippen LogP contribution is -2.24. The van der Waals surface area contributed by atoms with Crippen LogP contribution in [0.2, 0.25) is 0 Å². The van der Waals surface area contributed by atoms with Gasteiger partial charge >= 0.3 is 0 Å². The number of hydrogen-bond acceptors (Lipinski definition) is 3. The maximum Gasteiger partial charge on any atom is 0.283 e. The second kappa shape index (κ2) is 6.36. The molecule has 0 amide bonds. The van der Waals surface area contributed by atoms with E-state index in [2.05, 4.69) is 33.3 Å². The van der Waals surface area contributed by atoms with Gasteiger partial charge < -0.3 is 5.32 Å². The van der Waals surface area contributed by atoms with Crippen molar-refractivity contribution in [2.75, 3.05) is 11.9 Å². The Bertz CT molecular complexity index is 454. The smallest absolute Gasteiger partial charge is 0.283 e. The van der Waals surface area contributed by atoms with Gasteiger partial charge in [0.2, 0.25) is 0 Å². The van der Waals surface area contributed by atoms with Crippen molar-refractivity contribution in [1.29, 1.82) is 0 Å². The molecule has 1 aliphatic rings. The molecule has 4 nitrogen and oxygen atoms in total. The molecule has 0 saturated heterocycles. The van der Waals surface area contributed by atoms with E-state index < -0.39 is 0 Å². The molecule has 1 aromatic heterocycles. The molecule has 1 heterocycles. The van der Waals surface area contributed by atoms with E-state index in [1.165, 1.54) is 23.9 Å². The van der Waals surface area contributed by atoms with E-state index in [4.69, 9.17) is 0 Å². The van der Waals surface area contributed by atoms with E-state index in [0.29, 0.717) is 11.0 Å². The Morgan fingerprint density at radius 1 is 1.56 bits per heavy atom. The molecule has 1 aromatic rings. The maximum absolute atomic E-state index is 12.0. The van der Waals surface area contributed by atoms with E-state index in [1.807, 2.05) is 0 Å². The zero-order valence-electron chi connectivity index (χ0n) is 10.8. The number of aryl methyl sites for hydroxylation is 1. The molecule has 1 aliphatic carbocycles. The van der Waals surface area contributed by atoms with Crippen LogP contribution in [0.25, 0.3) is 0 Å². The van der Waals surface area contributed by atoms with Gasteiger partial charge in [0.1, 0.15) is 4.47 Å². The monoisotopic (exact) mass is 313 g/mol. The third-order valence-electron chi connectivity index (χ3n) is 3.27.